The second-order valence-corrected chi connectivity index (χ2v) is 4.94. The topological polar surface area (TPSA) is 53.4 Å². The zero-order valence-electron chi connectivity index (χ0n) is 11.1. The van der Waals surface area contributed by atoms with Crippen LogP contribution in [0.4, 0.5) is 0 Å². The van der Waals surface area contributed by atoms with Crippen LogP contribution in [0.25, 0.3) is 0 Å². The van der Waals surface area contributed by atoms with Gasteiger partial charge in [0.2, 0.25) is 0 Å². The molecule has 0 N–H and O–H groups in total. The first-order chi connectivity index (χ1) is 9.72. The van der Waals surface area contributed by atoms with Crippen LogP contribution in [0.3, 0.4) is 0 Å². The summed E-state index contributed by atoms with van der Waals surface area (Å²) in [5.41, 5.74) is 0.566. The van der Waals surface area contributed by atoms with Crippen molar-refractivity contribution in [3.05, 3.63) is 40.6 Å². The largest absolute Gasteiger partial charge is 0.490 e. The highest BCUT2D eigenvalue weighted by Crippen LogP contribution is 2.28. The minimum Gasteiger partial charge on any atom is -0.490 e. The van der Waals surface area contributed by atoms with Gasteiger partial charge in [-0.05, 0) is 41.1 Å². The van der Waals surface area contributed by atoms with Crippen molar-refractivity contribution in [1.82, 2.24) is 9.78 Å². The molecule has 0 unspecified atom stereocenters. The average molecular weight is 339 g/mol. The fourth-order valence-corrected chi connectivity index (χ4v) is 2.02. The van der Waals surface area contributed by atoms with Gasteiger partial charge in [-0.25, -0.2) is 0 Å². The lowest BCUT2D eigenvalue weighted by Gasteiger charge is -2.12. The summed E-state index contributed by atoms with van der Waals surface area (Å²) < 4.78 is 13.9. The van der Waals surface area contributed by atoms with Gasteiger partial charge < -0.3 is 9.47 Å². The summed E-state index contributed by atoms with van der Waals surface area (Å²) in [5, 5.41) is 4.15. The maximum absolute atomic E-state index is 10.8. The van der Waals surface area contributed by atoms with Crippen LogP contribution in [-0.4, -0.2) is 29.3 Å². The van der Waals surface area contributed by atoms with E-state index in [-0.39, 0.29) is 0 Å². The molecule has 1 aromatic carbocycles. The molecule has 0 bridgehead atoms. The molecule has 0 amide bonds. The summed E-state index contributed by atoms with van der Waals surface area (Å²) in [5.74, 6) is 1.21. The lowest BCUT2D eigenvalue weighted by atomic mass is 10.2. The molecule has 20 heavy (non-hydrogen) atoms. The normalized spacial score (nSPS) is 10.3. The van der Waals surface area contributed by atoms with Gasteiger partial charge in [-0.3, -0.25) is 9.48 Å². The molecule has 5 nitrogen and oxygen atoms in total. The second kappa shape index (κ2) is 7.09. The number of nitrogens with zero attached hydrogens (tertiary/aromatic N) is 2. The predicted octanol–water partition coefficient (Wildman–Crippen LogP) is 2.94. The van der Waals surface area contributed by atoms with E-state index in [2.05, 4.69) is 21.0 Å². The third-order valence-electron chi connectivity index (χ3n) is 2.58. The molecule has 0 saturated heterocycles. The van der Waals surface area contributed by atoms with Gasteiger partial charge >= 0.3 is 0 Å². The lowest BCUT2D eigenvalue weighted by Crippen LogP contribution is -2.09. The maximum atomic E-state index is 10.8. The Balaban J connectivity index is 1.99. The van der Waals surface area contributed by atoms with E-state index in [1.165, 1.54) is 0 Å². The Morgan fingerprint density at radius 2 is 2.20 bits per heavy atom. The highest BCUT2D eigenvalue weighted by Gasteiger charge is 2.06. The first-order valence-corrected chi connectivity index (χ1v) is 7.05. The van der Waals surface area contributed by atoms with Crippen LogP contribution < -0.4 is 9.47 Å². The van der Waals surface area contributed by atoms with Crippen LogP contribution in [0.15, 0.2) is 35.1 Å². The van der Waals surface area contributed by atoms with Gasteiger partial charge in [0, 0.05) is 11.8 Å². The van der Waals surface area contributed by atoms with E-state index >= 15 is 0 Å². The molecule has 0 aliphatic heterocycles. The van der Waals surface area contributed by atoms with Gasteiger partial charge in [-0.2, -0.15) is 5.10 Å². The van der Waals surface area contributed by atoms with Gasteiger partial charge in [0.1, 0.15) is 12.9 Å². The summed E-state index contributed by atoms with van der Waals surface area (Å²) in [4.78, 5) is 10.8. The number of rotatable bonds is 7. The number of ether oxygens (including phenoxy) is 2. The van der Waals surface area contributed by atoms with E-state index in [9.17, 15) is 4.79 Å². The summed E-state index contributed by atoms with van der Waals surface area (Å²) in [6, 6.07) is 5.12. The van der Waals surface area contributed by atoms with Crippen LogP contribution in [0.5, 0.6) is 11.5 Å². The molecule has 0 radical (unpaired) electrons. The molecule has 0 aliphatic carbocycles. The number of carbonyl (C=O) groups is 1. The maximum Gasteiger partial charge on any atom is 0.161 e. The summed E-state index contributed by atoms with van der Waals surface area (Å²) in [6.07, 6.45) is 4.39. The monoisotopic (exact) mass is 338 g/mol. The number of benzene rings is 1. The fourth-order valence-electron chi connectivity index (χ4n) is 1.70. The number of aldehydes is 1. The van der Waals surface area contributed by atoms with E-state index in [1.54, 1.807) is 29.1 Å². The molecule has 1 aromatic heterocycles. The molecule has 1 heterocycles. The Morgan fingerprint density at radius 3 is 2.85 bits per heavy atom. The van der Waals surface area contributed by atoms with Gasteiger partial charge in [-0.15, -0.1) is 0 Å². The Bertz CT molecular complexity index is 584. The van der Waals surface area contributed by atoms with Crippen molar-refractivity contribution >= 4 is 22.2 Å². The molecule has 0 saturated carbocycles. The molecule has 0 fully saturated rings. The van der Waals surface area contributed by atoms with Crippen molar-refractivity contribution in [2.24, 2.45) is 0 Å². The average Bonchev–Trinajstić information content (AvgIpc) is 2.86. The van der Waals surface area contributed by atoms with Crippen molar-refractivity contribution in [3.8, 4) is 11.5 Å². The Labute approximate surface area is 125 Å². The van der Waals surface area contributed by atoms with Crippen molar-refractivity contribution in [3.63, 3.8) is 0 Å². The van der Waals surface area contributed by atoms with Crippen LogP contribution in [0.1, 0.15) is 17.3 Å². The zero-order chi connectivity index (χ0) is 14.4. The summed E-state index contributed by atoms with van der Waals surface area (Å²) in [6.45, 7) is 3.50. The Hall–Kier alpha value is -1.82. The Kier molecular flexibility index (Phi) is 5.17. The van der Waals surface area contributed by atoms with E-state index in [0.717, 1.165) is 10.8 Å². The number of halogens is 1. The standard InChI is InChI=1S/C14H15BrN2O3/c1-2-19-14-7-11(10-18)3-4-13(14)20-6-5-17-9-12(15)8-16-17/h3-4,7-10H,2,5-6H2,1H3. The number of aromatic nitrogens is 2. The number of carbonyl (C=O) groups excluding carboxylic acids is 1. The highest BCUT2D eigenvalue weighted by atomic mass is 79.9. The molecule has 0 spiro atoms. The minimum absolute atomic E-state index is 0.467. The third-order valence-corrected chi connectivity index (χ3v) is 2.99. The van der Waals surface area contributed by atoms with E-state index < -0.39 is 0 Å². The molecule has 0 atom stereocenters. The quantitative estimate of drug-likeness (QED) is 0.728. The third kappa shape index (κ3) is 3.84. The van der Waals surface area contributed by atoms with Gasteiger partial charge in [0.25, 0.3) is 0 Å². The molecule has 6 heteroatoms. The van der Waals surface area contributed by atoms with Crippen LogP contribution in [0.2, 0.25) is 0 Å². The van der Waals surface area contributed by atoms with Crippen molar-refractivity contribution in [1.29, 1.82) is 0 Å². The van der Waals surface area contributed by atoms with Crippen LogP contribution in [-0.2, 0) is 6.54 Å². The summed E-state index contributed by atoms with van der Waals surface area (Å²) >= 11 is 3.34. The molecule has 106 valence electrons. The first kappa shape index (κ1) is 14.6. The molecular formula is C14H15BrN2O3. The lowest BCUT2D eigenvalue weighted by molar-refractivity contribution is 0.112. The van der Waals surface area contributed by atoms with Crippen molar-refractivity contribution in [2.75, 3.05) is 13.2 Å². The van der Waals surface area contributed by atoms with Crippen LogP contribution in [0, 0.1) is 0 Å². The van der Waals surface area contributed by atoms with Crippen molar-refractivity contribution in [2.45, 2.75) is 13.5 Å². The number of hydrogen-bond acceptors (Lipinski definition) is 4. The number of hydrogen-bond donors (Lipinski definition) is 0. The van der Waals surface area contributed by atoms with E-state index in [4.69, 9.17) is 9.47 Å². The van der Waals surface area contributed by atoms with Gasteiger partial charge in [-0.1, -0.05) is 0 Å². The van der Waals surface area contributed by atoms with Crippen LogP contribution >= 0.6 is 15.9 Å². The smallest absolute Gasteiger partial charge is 0.161 e. The predicted molar refractivity (Wildman–Crippen MR) is 78.4 cm³/mol. The second-order valence-electron chi connectivity index (χ2n) is 4.03. The Morgan fingerprint density at radius 1 is 1.35 bits per heavy atom. The molecular weight excluding hydrogens is 324 g/mol. The fraction of sp³-hybridized carbons (Fsp3) is 0.286. The summed E-state index contributed by atoms with van der Waals surface area (Å²) in [7, 11) is 0. The van der Waals surface area contributed by atoms with Crippen molar-refractivity contribution < 1.29 is 14.3 Å². The molecule has 2 rings (SSSR count). The van der Waals surface area contributed by atoms with Gasteiger partial charge in [0.05, 0.1) is 23.8 Å². The SMILES string of the molecule is CCOc1cc(C=O)ccc1OCCn1cc(Br)cn1. The van der Waals surface area contributed by atoms with E-state index in [1.807, 2.05) is 13.1 Å². The van der Waals surface area contributed by atoms with E-state index in [0.29, 0.717) is 36.8 Å². The minimum atomic E-state index is 0.467. The highest BCUT2D eigenvalue weighted by molar-refractivity contribution is 9.10. The van der Waals surface area contributed by atoms with Gasteiger partial charge in [0.15, 0.2) is 11.5 Å². The molecule has 0 aliphatic rings. The zero-order valence-corrected chi connectivity index (χ0v) is 12.7. The molecule has 2 aromatic rings. The first-order valence-electron chi connectivity index (χ1n) is 6.25.